The molecule has 11 atom stereocenters. The second-order valence-corrected chi connectivity index (χ2v) is 7.78. The summed E-state index contributed by atoms with van der Waals surface area (Å²) in [6.07, 6.45) is -13.3. The lowest BCUT2D eigenvalue weighted by molar-refractivity contribution is -0.352. The van der Waals surface area contributed by atoms with E-state index in [4.69, 9.17) is 14.2 Å². The molecule has 0 unspecified atom stereocenters. The molecule has 0 bridgehead atoms. The molecule has 1 aliphatic carbocycles. The van der Waals surface area contributed by atoms with Crippen LogP contribution in [0.15, 0.2) is 11.8 Å². The molecule has 8 N–H and O–H groups in total. The molecular weight excluding hydrogens is 412 g/mol. The summed E-state index contributed by atoms with van der Waals surface area (Å²) in [7, 11) is 1.01. The van der Waals surface area contributed by atoms with Gasteiger partial charge in [0.2, 0.25) is 6.29 Å². The molecule has 0 aromatic rings. The van der Waals surface area contributed by atoms with Crippen molar-refractivity contribution in [1.82, 2.24) is 0 Å². The van der Waals surface area contributed by atoms with Gasteiger partial charge < -0.3 is 59.8 Å². The van der Waals surface area contributed by atoms with Gasteiger partial charge >= 0.3 is 5.97 Å². The summed E-state index contributed by atoms with van der Waals surface area (Å²) in [6.45, 7) is 0.335. The molecule has 2 aliphatic heterocycles. The second-order valence-electron chi connectivity index (χ2n) is 7.78. The van der Waals surface area contributed by atoms with E-state index in [1.807, 2.05) is 0 Å². The van der Waals surface area contributed by atoms with Gasteiger partial charge in [-0.05, 0) is 6.92 Å². The fourth-order valence-corrected chi connectivity index (χ4v) is 4.24. The maximum absolute atomic E-state index is 12.1. The predicted molar refractivity (Wildman–Crippen MR) is 90.9 cm³/mol. The highest BCUT2D eigenvalue weighted by atomic mass is 16.8. The molecule has 0 radical (unpaired) electrons. The van der Waals surface area contributed by atoms with Crippen molar-refractivity contribution in [1.29, 1.82) is 0 Å². The number of ether oxygens (including phenoxy) is 4. The molecule has 172 valence electrons. The minimum Gasteiger partial charge on any atom is -0.471 e. The Morgan fingerprint density at radius 2 is 1.70 bits per heavy atom. The number of hydrogen-bond donors (Lipinski definition) is 8. The van der Waals surface area contributed by atoms with Crippen molar-refractivity contribution in [3.05, 3.63) is 11.8 Å². The van der Waals surface area contributed by atoms with Crippen LogP contribution in [0.3, 0.4) is 0 Å². The Bertz CT molecular complexity index is 693. The number of rotatable bonds is 4. The van der Waals surface area contributed by atoms with Gasteiger partial charge in [0.15, 0.2) is 6.29 Å². The molecular formula is C17H26O13. The number of carbonyl (C=O) groups is 1. The quantitative estimate of drug-likeness (QED) is 0.193. The van der Waals surface area contributed by atoms with Crippen molar-refractivity contribution in [3.63, 3.8) is 0 Å². The number of methoxy groups -OCH3 is 1. The molecule has 0 aromatic heterocycles. The fourth-order valence-electron chi connectivity index (χ4n) is 4.24. The fraction of sp³-hybridized carbons (Fsp3) is 0.824. The Morgan fingerprint density at radius 1 is 1.07 bits per heavy atom. The van der Waals surface area contributed by atoms with E-state index >= 15 is 0 Å². The molecule has 3 rings (SSSR count). The van der Waals surface area contributed by atoms with Crippen LogP contribution in [-0.4, -0.2) is 121 Å². The third-order valence-electron chi connectivity index (χ3n) is 6.00. The van der Waals surface area contributed by atoms with E-state index in [1.165, 1.54) is 0 Å². The first-order chi connectivity index (χ1) is 13.9. The standard InChI is InChI=1S/C17H26O13/c1-16(25)10-15(30-14-9(21)8(20)7(19)6(3-18)29-14)28-4-5(13(24)27-2)17(10,26)12(23)11(16)22/h4,6-12,14-15,18-23,25-26H,3H2,1-2H3/t6-,7-,8+,9-,10-,11-,12-,14+,15+,16-,17+/m1/s1. The van der Waals surface area contributed by atoms with Crippen molar-refractivity contribution in [2.75, 3.05) is 13.7 Å². The van der Waals surface area contributed by atoms with Gasteiger partial charge in [-0.15, -0.1) is 0 Å². The Kier molecular flexibility index (Phi) is 6.16. The van der Waals surface area contributed by atoms with Gasteiger partial charge in [0, 0.05) is 0 Å². The molecule has 30 heavy (non-hydrogen) atoms. The predicted octanol–water partition coefficient (Wildman–Crippen LogP) is -4.95. The summed E-state index contributed by atoms with van der Waals surface area (Å²) < 4.78 is 20.5. The largest absolute Gasteiger partial charge is 0.471 e. The van der Waals surface area contributed by atoms with Crippen molar-refractivity contribution in [3.8, 4) is 0 Å². The summed E-state index contributed by atoms with van der Waals surface area (Å²) in [5.41, 5.74) is -5.43. The van der Waals surface area contributed by atoms with Crippen molar-refractivity contribution in [2.24, 2.45) is 5.92 Å². The number of carbonyl (C=O) groups excluding carboxylic acids is 1. The molecule has 0 spiro atoms. The van der Waals surface area contributed by atoms with E-state index in [2.05, 4.69) is 4.74 Å². The third-order valence-corrected chi connectivity index (χ3v) is 6.00. The summed E-state index contributed by atoms with van der Waals surface area (Å²) >= 11 is 0. The summed E-state index contributed by atoms with van der Waals surface area (Å²) in [5.74, 6) is -2.79. The van der Waals surface area contributed by atoms with E-state index in [-0.39, 0.29) is 0 Å². The summed E-state index contributed by atoms with van der Waals surface area (Å²) in [4.78, 5) is 12.1. The monoisotopic (exact) mass is 438 g/mol. The highest BCUT2D eigenvalue weighted by molar-refractivity contribution is 5.91. The molecule has 13 nitrogen and oxygen atoms in total. The van der Waals surface area contributed by atoms with Gasteiger partial charge in [-0.25, -0.2) is 4.79 Å². The highest BCUT2D eigenvalue weighted by Crippen LogP contribution is 2.52. The van der Waals surface area contributed by atoms with Crippen molar-refractivity contribution in [2.45, 2.75) is 67.3 Å². The average Bonchev–Trinajstić information content (AvgIpc) is 2.85. The van der Waals surface area contributed by atoms with Crippen LogP contribution in [0.4, 0.5) is 0 Å². The van der Waals surface area contributed by atoms with Crippen LogP contribution in [0.5, 0.6) is 0 Å². The molecule has 2 heterocycles. The molecule has 1 saturated carbocycles. The maximum atomic E-state index is 12.1. The van der Waals surface area contributed by atoms with Gasteiger partial charge in [0.25, 0.3) is 0 Å². The lowest BCUT2D eigenvalue weighted by atomic mass is 9.76. The Labute approximate surface area is 170 Å². The van der Waals surface area contributed by atoms with Crippen LogP contribution in [0.2, 0.25) is 0 Å². The Balaban J connectivity index is 1.96. The zero-order valence-corrected chi connectivity index (χ0v) is 16.1. The lowest BCUT2D eigenvalue weighted by Crippen LogP contribution is -2.63. The van der Waals surface area contributed by atoms with E-state index in [0.717, 1.165) is 14.0 Å². The normalized spacial score (nSPS) is 51.0. The average molecular weight is 438 g/mol. The van der Waals surface area contributed by atoms with Crippen molar-refractivity contribution >= 4 is 5.97 Å². The second kappa shape index (κ2) is 7.94. The minimum atomic E-state index is -2.58. The number of hydrogen-bond acceptors (Lipinski definition) is 13. The molecule has 1 saturated heterocycles. The van der Waals surface area contributed by atoms with E-state index in [1.54, 1.807) is 0 Å². The Hall–Kier alpha value is -1.39. The highest BCUT2D eigenvalue weighted by Gasteiger charge is 2.72. The van der Waals surface area contributed by atoms with E-state index in [0.29, 0.717) is 6.26 Å². The van der Waals surface area contributed by atoms with Crippen molar-refractivity contribution < 1.29 is 64.6 Å². The Morgan fingerprint density at radius 3 is 2.27 bits per heavy atom. The number of fused-ring (bicyclic) bond motifs is 1. The molecule has 0 amide bonds. The van der Waals surface area contributed by atoms with Crippen LogP contribution < -0.4 is 0 Å². The molecule has 13 heteroatoms. The zero-order valence-electron chi connectivity index (χ0n) is 16.1. The van der Waals surface area contributed by atoms with E-state index < -0.39 is 84.5 Å². The lowest BCUT2D eigenvalue weighted by Gasteiger charge is -2.46. The van der Waals surface area contributed by atoms with Crippen LogP contribution in [0.1, 0.15) is 6.92 Å². The number of aliphatic hydroxyl groups is 8. The maximum Gasteiger partial charge on any atom is 0.339 e. The van der Waals surface area contributed by atoms with Gasteiger partial charge in [-0.2, -0.15) is 0 Å². The SMILES string of the molecule is COC(=O)C1=CO[C@@H](O[C@@H]2O[C@H](CO)[C@@H](O)[C@H](O)[C@H]2O)[C@@H]2[C@@](C)(O)[C@H](O)[C@@H](O)[C@]12O. The first kappa shape index (κ1) is 23.3. The topological polar surface area (TPSA) is 216 Å². The van der Waals surface area contributed by atoms with Gasteiger partial charge in [0.1, 0.15) is 59.7 Å². The zero-order chi connectivity index (χ0) is 22.6. The van der Waals surface area contributed by atoms with Crippen LogP contribution in [-0.2, 0) is 23.7 Å². The van der Waals surface area contributed by atoms with E-state index in [9.17, 15) is 45.6 Å². The number of aliphatic hydroxyl groups excluding tert-OH is 6. The summed E-state index contributed by atoms with van der Waals surface area (Å²) in [6, 6.07) is 0. The third kappa shape index (κ3) is 3.22. The van der Waals surface area contributed by atoms with Gasteiger partial charge in [-0.3, -0.25) is 0 Å². The van der Waals surface area contributed by atoms with Crippen LogP contribution >= 0.6 is 0 Å². The van der Waals surface area contributed by atoms with Gasteiger partial charge in [-0.1, -0.05) is 0 Å². The minimum absolute atomic E-state index is 0.590. The number of esters is 1. The molecule has 0 aromatic carbocycles. The van der Waals surface area contributed by atoms with Gasteiger partial charge in [0.05, 0.1) is 19.6 Å². The first-order valence-electron chi connectivity index (χ1n) is 9.14. The molecule has 2 fully saturated rings. The summed E-state index contributed by atoms with van der Waals surface area (Å²) in [5, 5.41) is 81.9. The van der Waals surface area contributed by atoms with Crippen LogP contribution in [0, 0.1) is 5.92 Å². The first-order valence-corrected chi connectivity index (χ1v) is 9.14. The van der Waals surface area contributed by atoms with Crippen LogP contribution in [0.25, 0.3) is 0 Å². The smallest absolute Gasteiger partial charge is 0.339 e. The molecule has 3 aliphatic rings.